The van der Waals surface area contributed by atoms with Gasteiger partial charge in [0.25, 0.3) is 5.91 Å². The number of anilines is 2. The standard InChI is InChI=1S/C23H29N3O3S/c1-15-9-10-16-19(13-15)30-23(25-20(27)14-26-11-5-6-12-26)21(16)22(28)24-17-7-3-4-8-18(17)29-2/h3-4,7-8,15H,5-6,9-14H2,1-2H3,(H,24,28)(H,25,27)/t15-/m1/s1. The maximum atomic E-state index is 13.3. The number of rotatable bonds is 6. The summed E-state index contributed by atoms with van der Waals surface area (Å²) < 4.78 is 5.37. The molecule has 2 aliphatic rings. The third kappa shape index (κ3) is 4.52. The van der Waals surface area contributed by atoms with E-state index in [2.05, 4.69) is 22.5 Å². The molecule has 6 nitrogen and oxygen atoms in total. The van der Waals surface area contributed by atoms with Gasteiger partial charge in [0.1, 0.15) is 10.8 Å². The summed E-state index contributed by atoms with van der Waals surface area (Å²) in [5, 5.41) is 6.72. The van der Waals surface area contributed by atoms with Crippen LogP contribution < -0.4 is 15.4 Å². The van der Waals surface area contributed by atoms with Crippen LogP contribution in [0.15, 0.2) is 24.3 Å². The first-order chi connectivity index (χ1) is 14.5. The number of thiophene rings is 1. The van der Waals surface area contributed by atoms with Gasteiger partial charge in [-0.2, -0.15) is 0 Å². The zero-order valence-corrected chi connectivity index (χ0v) is 18.4. The van der Waals surface area contributed by atoms with Crippen LogP contribution in [0.1, 0.15) is 47.0 Å². The largest absolute Gasteiger partial charge is 0.495 e. The van der Waals surface area contributed by atoms with Crippen LogP contribution in [0.3, 0.4) is 0 Å². The fourth-order valence-electron chi connectivity index (χ4n) is 4.32. The molecule has 2 amide bonds. The molecule has 2 N–H and O–H groups in total. The summed E-state index contributed by atoms with van der Waals surface area (Å²) in [7, 11) is 1.59. The Morgan fingerprint density at radius 1 is 1.20 bits per heavy atom. The summed E-state index contributed by atoms with van der Waals surface area (Å²) in [6.45, 7) is 4.55. The van der Waals surface area contributed by atoms with E-state index < -0.39 is 0 Å². The summed E-state index contributed by atoms with van der Waals surface area (Å²) in [4.78, 5) is 29.4. The maximum Gasteiger partial charge on any atom is 0.259 e. The van der Waals surface area contributed by atoms with Crippen molar-refractivity contribution in [3.63, 3.8) is 0 Å². The number of benzene rings is 1. The van der Waals surface area contributed by atoms with E-state index in [-0.39, 0.29) is 11.8 Å². The van der Waals surface area contributed by atoms with Crippen LogP contribution in [0.5, 0.6) is 5.75 Å². The number of para-hydroxylation sites is 2. The number of carbonyl (C=O) groups is 2. The third-order valence-corrected chi connectivity index (χ3v) is 7.08. The number of fused-ring (bicyclic) bond motifs is 1. The highest BCUT2D eigenvalue weighted by Gasteiger charge is 2.29. The lowest BCUT2D eigenvalue weighted by molar-refractivity contribution is -0.117. The fourth-order valence-corrected chi connectivity index (χ4v) is 5.75. The van der Waals surface area contributed by atoms with Crippen molar-refractivity contribution in [1.82, 2.24) is 4.90 Å². The number of nitrogens with one attached hydrogen (secondary N) is 2. The predicted molar refractivity (Wildman–Crippen MR) is 121 cm³/mol. The van der Waals surface area contributed by atoms with Gasteiger partial charge >= 0.3 is 0 Å². The van der Waals surface area contributed by atoms with Crippen LogP contribution in [0, 0.1) is 5.92 Å². The smallest absolute Gasteiger partial charge is 0.259 e. The van der Waals surface area contributed by atoms with Gasteiger partial charge in [-0.05, 0) is 68.8 Å². The van der Waals surface area contributed by atoms with Gasteiger partial charge in [0.2, 0.25) is 5.91 Å². The van der Waals surface area contributed by atoms with Gasteiger partial charge in [0.05, 0.1) is 24.9 Å². The Morgan fingerprint density at radius 2 is 1.97 bits per heavy atom. The van der Waals surface area contributed by atoms with Crippen molar-refractivity contribution in [2.75, 3.05) is 37.4 Å². The van der Waals surface area contributed by atoms with Crippen LogP contribution in [-0.4, -0.2) is 43.5 Å². The molecule has 30 heavy (non-hydrogen) atoms. The fraction of sp³-hybridized carbons (Fsp3) is 0.478. The molecule has 0 unspecified atom stereocenters. The van der Waals surface area contributed by atoms with E-state index in [9.17, 15) is 9.59 Å². The number of carbonyl (C=O) groups excluding carboxylic acids is 2. The molecule has 1 atom stereocenters. The van der Waals surface area contributed by atoms with E-state index in [4.69, 9.17) is 4.74 Å². The monoisotopic (exact) mass is 427 g/mol. The summed E-state index contributed by atoms with van der Waals surface area (Å²) >= 11 is 1.56. The zero-order valence-electron chi connectivity index (χ0n) is 17.6. The molecule has 2 aromatic rings. The quantitative estimate of drug-likeness (QED) is 0.726. The van der Waals surface area contributed by atoms with Gasteiger partial charge in [0.15, 0.2) is 0 Å². The highest BCUT2D eigenvalue weighted by Crippen LogP contribution is 2.40. The Balaban J connectivity index is 1.59. The minimum Gasteiger partial charge on any atom is -0.495 e. The molecule has 4 rings (SSSR count). The second-order valence-corrected chi connectivity index (χ2v) is 9.35. The number of nitrogens with zero attached hydrogens (tertiary/aromatic N) is 1. The Labute approximate surface area is 181 Å². The van der Waals surface area contributed by atoms with Crippen molar-refractivity contribution in [2.45, 2.75) is 39.0 Å². The average molecular weight is 428 g/mol. The molecule has 0 saturated carbocycles. The van der Waals surface area contributed by atoms with Crippen molar-refractivity contribution in [3.05, 3.63) is 40.3 Å². The van der Waals surface area contributed by atoms with E-state index in [1.54, 1.807) is 18.4 Å². The zero-order chi connectivity index (χ0) is 21.1. The Bertz CT molecular complexity index is 934. The van der Waals surface area contributed by atoms with Crippen LogP contribution >= 0.6 is 11.3 Å². The molecule has 1 aliphatic heterocycles. The van der Waals surface area contributed by atoms with E-state index in [0.29, 0.717) is 34.5 Å². The first-order valence-corrected chi connectivity index (χ1v) is 11.5. The number of methoxy groups -OCH3 is 1. The third-order valence-electron chi connectivity index (χ3n) is 5.91. The number of ether oxygens (including phenoxy) is 1. The van der Waals surface area contributed by atoms with Crippen molar-refractivity contribution < 1.29 is 14.3 Å². The van der Waals surface area contributed by atoms with E-state index in [0.717, 1.165) is 50.8 Å². The molecule has 1 saturated heterocycles. The van der Waals surface area contributed by atoms with Crippen LogP contribution in [0.2, 0.25) is 0 Å². The van der Waals surface area contributed by atoms with E-state index >= 15 is 0 Å². The number of hydrogen-bond acceptors (Lipinski definition) is 5. The summed E-state index contributed by atoms with van der Waals surface area (Å²) in [5.74, 6) is 0.968. The molecule has 1 aromatic heterocycles. The maximum absolute atomic E-state index is 13.3. The number of likely N-dealkylation sites (tertiary alicyclic amines) is 1. The normalized spacial score (nSPS) is 18.7. The molecule has 0 radical (unpaired) electrons. The average Bonchev–Trinajstić information content (AvgIpc) is 3.35. The van der Waals surface area contributed by atoms with E-state index in [1.165, 1.54) is 4.88 Å². The van der Waals surface area contributed by atoms with Crippen LogP contribution in [0.25, 0.3) is 0 Å². The van der Waals surface area contributed by atoms with Crippen LogP contribution in [0.4, 0.5) is 10.7 Å². The lowest BCUT2D eigenvalue weighted by Crippen LogP contribution is -2.31. The molecule has 1 aliphatic carbocycles. The topological polar surface area (TPSA) is 70.7 Å². The van der Waals surface area contributed by atoms with Crippen molar-refractivity contribution >= 4 is 33.8 Å². The summed E-state index contributed by atoms with van der Waals surface area (Å²) in [6.07, 6.45) is 5.16. The Morgan fingerprint density at radius 3 is 2.73 bits per heavy atom. The van der Waals surface area contributed by atoms with Gasteiger partial charge in [0, 0.05) is 4.88 Å². The SMILES string of the molecule is COc1ccccc1NC(=O)c1c(NC(=O)CN2CCCC2)sc2c1CC[C@@H](C)C2. The Kier molecular flexibility index (Phi) is 6.39. The molecule has 0 bridgehead atoms. The summed E-state index contributed by atoms with van der Waals surface area (Å²) in [5.41, 5.74) is 2.33. The lowest BCUT2D eigenvalue weighted by Gasteiger charge is -2.19. The van der Waals surface area contributed by atoms with Crippen LogP contribution in [-0.2, 0) is 17.6 Å². The van der Waals surface area contributed by atoms with Gasteiger partial charge < -0.3 is 15.4 Å². The molecule has 7 heteroatoms. The minimum absolute atomic E-state index is 0.0464. The van der Waals surface area contributed by atoms with Crippen molar-refractivity contribution in [3.8, 4) is 5.75 Å². The molecular weight excluding hydrogens is 398 g/mol. The second-order valence-electron chi connectivity index (χ2n) is 8.24. The van der Waals surface area contributed by atoms with Gasteiger partial charge in [-0.15, -0.1) is 11.3 Å². The molecule has 1 aromatic carbocycles. The van der Waals surface area contributed by atoms with Crippen molar-refractivity contribution in [1.29, 1.82) is 0 Å². The predicted octanol–water partition coefficient (Wildman–Crippen LogP) is 4.17. The van der Waals surface area contributed by atoms with Gasteiger partial charge in [-0.3, -0.25) is 14.5 Å². The van der Waals surface area contributed by atoms with Gasteiger partial charge in [-0.25, -0.2) is 0 Å². The first kappa shape index (κ1) is 20.9. The Hall–Kier alpha value is -2.38. The van der Waals surface area contributed by atoms with E-state index in [1.807, 2.05) is 24.3 Å². The number of amides is 2. The lowest BCUT2D eigenvalue weighted by atomic mass is 9.88. The first-order valence-electron chi connectivity index (χ1n) is 10.7. The molecule has 160 valence electrons. The summed E-state index contributed by atoms with van der Waals surface area (Å²) in [6, 6.07) is 7.37. The van der Waals surface area contributed by atoms with Crippen molar-refractivity contribution in [2.24, 2.45) is 5.92 Å². The second kappa shape index (κ2) is 9.18. The molecule has 0 spiro atoms. The highest BCUT2D eigenvalue weighted by molar-refractivity contribution is 7.17. The molecular formula is C23H29N3O3S. The molecule has 2 heterocycles. The highest BCUT2D eigenvalue weighted by atomic mass is 32.1. The van der Waals surface area contributed by atoms with Gasteiger partial charge in [-0.1, -0.05) is 19.1 Å². The minimum atomic E-state index is -0.192. The number of hydrogen-bond donors (Lipinski definition) is 2. The molecule has 1 fully saturated rings.